The topological polar surface area (TPSA) is 29.1 Å². The normalized spacial score (nSPS) is 24.8. The lowest BCUT2D eigenvalue weighted by Crippen LogP contribution is -2.26. The molecule has 1 aromatic carbocycles. The predicted octanol–water partition coefficient (Wildman–Crippen LogP) is 4.93. The fourth-order valence-electron chi connectivity index (χ4n) is 1.76. The van der Waals surface area contributed by atoms with Crippen molar-refractivity contribution in [1.29, 1.82) is 0 Å². The van der Waals surface area contributed by atoms with Crippen molar-refractivity contribution in [1.82, 2.24) is 0 Å². The summed E-state index contributed by atoms with van der Waals surface area (Å²) in [4.78, 5) is 12.2. The highest BCUT2D eigenvalue weighted by Gasteiger charge is 2.67. The molecule has 0 bridgehead atoms. The van der Waals surface area contributed by atoms with Gasteiger partial charge in [0, 0.05) is 4.47 Å². The van der Waals surface area contributed by atoms with Crippen molar-refractivity contribution < 1.29 is 4.79 Å². The van der Waals surface area contributed by atoms with Gasteiger partial charge >= 0.3 is 0 Å². The Kier molecular flexibility index (Phi) is 3.65. The van der Waals surface area contributed by atoms with Crippen LogP contribution in [0.25, 0.3) is 0 Å². The molecule has 98 valence electrons. The maximum Gasteiger partial charge on any atom is 0.233 e. The minimum absolute atomic E-state index is 0.208. The van der Waals surface area contributed by atoms with Crippen LogP contribution in [0.2, 0.25) is 5.02 Å². The van der Waals surface area contributed by atoms with Gasteiger partial charge in [-0.3, -0.25) is 4.79 Å². The number of benzene rings is 1. The Morgan fingerprint density at radius 3 is 2.44 bits per heavy atom. The number of nitrogens with one attached hydrogen (secondary N) is 1. The van der Waals surface area contributed by atoms with Crippen molar-refractivity contribution in [2.45, 2.75) is 24.6 Å². The first-order valence-corrected chi connectivity index (χ1v) is 7.25. The molecular weight excluding hydrogens is 360 g/mol. The molecule has 0 radical (unpaired) electrons. The molecule has 18 heavy (non-hydrogen) atoms. The summed E-state index contributed by atoms with van der Waals surface area (Å²) in [6.07, 6.45) is 0.447. The highest BCUT2D eigenvalue weighted by Crippen LogP contribution is 2.64. The number of hydrogen-bond acceptors (Lipinski definition) is 1. The number of hydrogen-bond donors (Lipinski definition) is 1. The van der Waals surface area contributed by atoms with Crippen LogP contribution < -0.4 is 5.32 Å². The zero-order chi connectivity index (χ0) is 13.7. The lowest BCUT2D eigenvalue weighted by atomic mass is 10.1. The van der Waals surface area contributed by atoms with E-state index in [0.717, 1.165) is 10.0 Å². The smallest absolute Gasteiger partial charge is 0.233 e. The Balaban J connectivity index is 2.24. The van der Waals surface area contributed by atoms with Crippen molar-refractivity contribution in [3.05, 3.63) is 27.2 Å². The Morgan fingerprint density at radius 1 is 1.44 bits per heavy atom. The first kappa shape index (κ1) is 14.4. The summed E-state index contributed by atoms with van der Waals surface area (Å²) < 4.78 is -0.114. The number of aryl methyl sites for hydroxylation is 1. The second-order valence-corrected chi connectivity index (χ2v) is 7.55. The lowest BCUT2D eigenvalue weighted by Gasteiger charge is -2.15. The molecule has 1 saturated carbocycles. The van der Waals surface area contributed by atoms with E-state index in [-0.39, 0.29) is 5.91 Å². The van der Waals surface area contributed by atoms with Gasteiger partial charge in [-0.15, -0.1) is 23.2 Å². The molecule has 1 N–H and O–H groups in total. The van der Waals surface area contributed by atoms with E-state index in [1.807, 2.05) is 13.0 Å². The summed E-state index contributed by atoms with van der Waals surface area (Å²) in [5.41, 5.74) is 0.725. The van der Waals surface area contributed by atoms with Crippen LogP contribution in [-0.2, 0) is 4.79 Å². The molecule has 1 aromatic rings. The summed E-state index contributed by atoms with van der Waals surface area (Å²) in [6.45, 7) is 3.61. The Labute approximate surface area is 129 Å². The van der Waals surface area contributed by atoms with E-state index in [4.69, 9.17) is 34.8 Å². The van der Waals surface area contributed by atoms with Crippen LogP contribution in [0, 0.1) is 12.3 Å². The molecule has 0 aliphatic heterocycles. The lowest BCUT2D eigenvalue weighted by molar-refractivity contribution is -0.120. The van der Waals surface area contributed by atoms with Gasteiger partial charge in [-0.2, -0.15) is 0 Å². The SMILES string of the molecule is Cc1cc(Br)cc(Cl)c1NC(=O)[C@@]1(C)CC1(Cl)Cl. The van der Waals surface area contributed by atoms with E-state index in [0.29, 0.717) is 17.1 Å². The minimum Gasteiger partial charge on any atom is -0.324 e. The van der Waals surface area contributed by atoms with E-state index in [1.165, 1.54) is 0 Å². The van der Waals surface area contributed by atoms with Gasteiger partial charge in [-0.05, 0) is 38.0 Å². The van der Waals surface area contributed by atoms with Crippen LogP contribution in [0.5, 0.6) is 0 Å². The van der Waals surface area contributed by atoms with E-state index in [2.05, 4.69) is 21.2 Å². The average Bonchev–Trinajstić information content (AvgIpc) is 2.73. The van der Waals surface area contributed by atoms with E-state index in [9.17, 15) is 4.79 Å². The molecule has 0 unspecified atom stereocenters. The molecule has 0 heterocycles. The number of rotatable bonds is 2. The van der Waals surface area contributed by atoms with Gasteiger partial charge in [0.25, 0.3) is 0 Å². The maximum atomic E-state index is 12.2. The van der Waals surface area contributed by atoms with Crippen LogP contribution in [0.4, 0.5) is 5.69 Å². The number of carbonyl (C=O) groups is 1. The maximum absolute atomic E-state index is 12.2. The van der Waals surface area contributed by atoms with Crippen molar-refractivity contribution in [3.8, 4) is 0 Å². The molecule has 0 saturated heterocycles. The standard InChI is InChI=1S/C12H11BrCl3NO/c1-6-3-7(13)4-8(14)9(6)17-10(18)11(2)5-12(11,15)16/h3-4H,5H2,1-2H3,(H,17,18)/t11-/m1/s1. The first-order chi connectivity index (χ1) is 8.17. The minimum atomic E-state index is -0.979. The monoisotopic (exact) mass is 369 g/mol. The number of halogens is 4. The van der Waals surface area contributed by atoms with Gasteiger partial charge in [0.2, 0.25) is 5.91 Å². The summed E-state index contributed by atoms with van der Waals surface area (Å²) >= 11 is 21.4. The third-order valence-corrected chi connectivity index (χ3v) is 5.11. The Hall–Kier alpha value is 0.0400. The number of carbonyl (C=O) groups excluding carboxylic acids is 1. The molecule has 1 atom stereocenters. The van der Waals surface area contributed by atoms with E-state index in [1.54, 1.807) is 13.0 Å². The number of amides is 1. The van der Waals surface area contributed by atoms with Gasteiger partial charge in [-0.1, -0.05) is 27.5 Å². The van der Waals surface area contributed by atoms with Gasteiger partial charge in [0.05, 0.1) is 16.1 Å². The van der Waals surface area contributed by atoms with Crippen molar-refractivity contribution >= 4 is 62.3 Å². The molecule has 6 heteroatoms. The average molecular weight is 371 g/mol. The van der Waals surface area contributed by atoms with Gasteiger partial charge in [0.1, 0.15) is 4.33 Å². The Bertz CT molecular complexity index is 509. The van der Waals surface area contributed by atoms with Crippen molar-refractivity contribution in [2.24, 2.45) is 5.41 Å². The van der Waals surface area contributed by atoms with Crippen LogP contribution in [-0.4, -0.2) is 10.2 Å². The van der Waals surface area contributed by atoms with E-state index < -0.39 is 9.75 Å². The van der Waals surface area contributed by atoms with Gasteiger partial charge in [0.15, 0.2) is 0 Å². The second kappa shape index (κ2) is 4.55. The van der Waals surface area contributed by atoms with Gasteiger partial charge < -0.3 is 5.32 Å². The molecule has 0 spiro atoms. The molecule has 2 rings (SSSR count). The highest BCUT2D eigenvalue weighted by molar-refractivity contribution is 9.10. The zero-order valence-electron chi connectivity index (χ0n) is 9.78. The Morgan fingerprint density at radius 2 is 2.00 bits per heavy atom. The van der Waals surface area contributed by atoms with Crippen LogP contribution in [0.1, 0.15) is 18.9 Å². The summed E-state index contributed by atoms with van der Waals surface area (Å²) in [6, 6.07) is 3.61. The van der Waals surface area contributed by atoms with Crippen molar-refractivity contribution in [2.75, 3.05) is 5.32 Å². The first-order valence-electron chi connectivity index (χ1n) is 5.32. The molecular formula is C12H11BrCl3NO. The fraction of sp³-hybridized carbons (Fsp3) is 0.417. The summed E-state index contributed by atoms with van der Waals surface area (Å²) in [5, 5.41) is 3.28. The molecule has 1 aliphatic rings. The third-order valence-electron chi connectivity index (χ3n) is 3.25. The molecule has 1 fully saturated rings. The zero-order valence-corrected chi connectivity index (χ0v) is 13.6. The molecule has 1 aliphatic carbocycles. The quantitative estimate of drug-likeness (QED) is 0.734. The summed E-state index contributed by atoms with van der Waals surface area (Å²) in [5.74, 6) is -0.208. The van der Waals surface area contributed by atoms with Crippen LogP contribution in [0.15, 0.2) is 16.6 Å². The van der Waals surface area contributed by atoms with Crippen molar-refractivity contribution in [3.63, 3.8) is 0 Å². The third kappa shape index (κ3) is 2.38. The molecule has 0 aromatic heterocycles. The highest BCUT2D eigenvalue weighted by atomic mass is 79.9. The molecule has 2 nitrogen and oxygen atoms in total. The second-order valence-electron chi connectivity index (χ2n) is 4.75. The predicted molar refractivity (Wildman–Crippen MR) is 79.7 cm³/mol. The largest absolute Gasteiger partial charge is 0.324 e. The van der Waals surface area contributed by atoms with Gasteiger partial charge in [-0.25, -0.2) is 0 Å². The van der Waals surface area contributed by atoms with Crippen LogP contribution >= 0.6 is 50.7 Å². The summed E-state index contributed by atoms with van der Waals surface area (Å²) in [7, 11) is 0. The fourth-order valence-corrected chi connectivity index (χ4v) is 3.48. The van der Waals surface area contributed by atoms with Crippen LogP contribution in [0.3, 0.4) is 0 Å². The molecule has 1 amide bonds. The number of anilines is 1. The number of alkyl halides is 2. The van der Waals surface area contributed by atoms with E-state index >= 15 is 0 Å².